The summed E-state index contributed by atoms with van der Waals surface area (Å²) in [6, 6.07) is 9.93. The fraction of sp³-hybridized carbons (Fsp3) is 0.250. The van der Waals surface area contributed by atoms with Crippen LogP contribution in [0.25, 0.3) is 10.9 Å². The van der Waals surface area contributed by atoms with Crippen LogP contribution in [0.15, 0.2) is 45.9 Å². The number of amides is 1. The van der Waals surface area contributed by atoms with Crippen molar-refractivity contribution < 1.29 is 22.4 Å². The standard InChI is InChI=1S/C16H16N4O5S/c21-16(17-15-11-3-1-2-4-12(11)18-19-15)13-5-6-14(25-13)26(22,23)20-7-9-24-10-8-20/h1-6H,7-10H2,(H2,17,18,19,21). The predicted molar refractivity (Wildman–Crippen MR) is 92.3 cm³/mol. The summed E-state index contributed by atoms with van der Waals surface area (Å²) in [6.45, 7) is 1.17. The summed E-state index contributed by atoms with van der Waals surface area (Å²) >= 11 is 0. The van der Waals surface area contributed by atoms with Crippen molar-refractivity contribution in [2.45, 2.75) is 5.09 Å². The number of anilines is 1. The lowest BCUT2D eigenvalue weighted by Gasteiger charge is -2.24. The number of carbonyl (C=O) groups is 1. The number of H-pyrrole nitrogens is 1. The third-order valence-corrected chi connectivity index (χ3v) is 5.84. The number of sulfonamides is 1. The van der Waals surface area contributed by atoms with E-state index in [0.29, 0.717) is 19.0 Å². The first kappa shape index (κ1) is 16.8. The highest BCUT2D eigenvalue weighted by molar-refractivity contribution is 7.89. The van der Waals surface area contributed by atoms with Gasteiger partial charge in [0.2, 0.25) is 5.09 Å². The van der Waals surface area contributed by atoms with Gasteiger partial charge in [-0.05, 0) is 24.3 Å². The lowest BCUT2D eigenvalue weighted by Crippen LogP contribution is -2.40. The molecule has 0 atom stereocenters. The molecule has 1 saturated heterocycles. The second-order valence-electron chi connectivity index (χ2n) is 5.71. The zero-order valence-electron chi connectivity index (χ0n) is 13.6. The first-order valence-electron chi connectivity index (χ1n) is 7.98. The van der Waals surface area contributed by atoms with Crippen molar-refractivity contribution >= 4 is 32.7 Å². The lowest BCUT2D eigenvalue weighted by molar-refractivity contribution is 0.0723. The normalized spacial score (nSPS) is 16.0. The number of furan rings is 1. The number of carbonyl (C=O) groups excluding carboxylic acids is 1. The van der Waals surface area contributed by atoms with E-state index < -0.39 is 15.9 Å². The number of nitrogens with zero attached hydrogens (tertiary/aromatic N) is 2. The molecule has 1 aliphatic rings. The van der Waals surface area contributed by atoms with E-state index >= 15 is 0 Å². The van der Waals surface area contributed by atoms with Crippen LogP contribution in [0.3, 0.4) is 0 Å². The molecule has 0 unspecified atom stereocenters. The van der Waals surface area contributed by atoms with Gasteiger partial charge in [-0.2, -0.15) is 9.40 Å². The number of para-hydroxylation sites is 1. The van der Waals surface area contributed by atoms with Gasteiger partial charge in [0.1, 0.15) is 0 Å². The average Bonchev–Trinajstić information content (AvgIpc) is 3.31. The summed E-state index contributed by atoms with van der Waals surface area (Å²) in [5.41, 5.74) is 0.776. The topological polar surface area (TPSA) is 118 Å². The van der Waals surface area contributed by atoms with Crippen molar-refractivity contribution in [1.29, 1.82) is 0 Å². The number of aromatic amines is 1. The van der Waals surface area contributed by atoms with E-state index in [1.54, 1.807) is 0 Å². The highest BCUT2D eigenvalue weighted by atomic mass is 32.2. The van der Waals surface area contributed by atoms with Crippen LogP contribution in [0, 0.1) is 0 Å². The van der Waals surface area contributed by atoms with Gasteiger partial charge >= 0.3 is 0 Å². The summed E-state index contributed by atoms with van der Waals surface area (Å²) in [6.07, 6.45) is 0. The zero-order valence-corrected chi connectivity index (χ0v) is 14.5. The van der Waals surface area contributed by atoms with Crippen LogP contribution < -0.4 is 5.32 Å². The van der Waals surface area contributed by atoms with E-state index in [0.717, 1.165) is 10.9 Å². The molecule has 136 valence electrons. The summed E-state index contributed by atoms with van der Waals surface area (Å²) in [4.78, 5) is 12.4. The summed E-state index contributed by atoms with van der Waals surface area (Å²) in [7, 11) is -3.79. The highest BCUT2D eigenvalue weighted by Crippen LogP contribution is 2.23. The smallest absolute Gasteiger partial charge is 0.292 e. The van der Waals surface area contributed by atoms with E-state index in [1.807, 2.05) is 24.3 Å². The maximum absolute atomic E-state index is 12.5. The Morgan fingerprint density at radius 3 is 2.73 bits per heavy atom. The molecule has 1 aliphatic heterocycles. The molecule has 0 bridgehead atoms. The fourth-order valence-corrected chi connectivity index (χ4v) is 4.04. The third kappa shape index (κ3) is 2.98. The predicted octanol–water partition coefficient (Wildman–Crippen LogP) is 1.43. The first-order chi connectivity index (χ1) is 12.6. The Balaban J connectivity index is 1.55. The number of aromatic nitrogens is 2. The quantitative estimate of drug-likeness (QED) is 0.711. The number of hydrogen-bond acceptors (Lipinski definition) is 6. The van der Waals surface area contributed by atoms with Gasteiger partial charge in [-0.25, -0.2) is 8.42 Å². The van der Waals surface area contributed by atoms with Crippen LogP contribution in [-0.4, -0.2) is 55.1 Å². The number of morpholine rings is 1. The molecule has 2 N–H and O–H groups in total. The Bertz CT molecular complexity index is 1050. The van der Waals surface area contributed by atoms with E-state index in [1.165, 1.54) is 16.4 Å². The van der Waals surface area contributed by atoms with Gasteiger partial charge in [0.25, 0.3) is 15.9 Å². The van der Waals surface area contributed by atoms with E-state index in [-0.39, 0.29) is 23.9 Å². The Labute approximate surface area is 149 Å². The summed E-state index contributed by atoms with van der Waals surface area (Å²) in [5, 5.41) is 9.96. The van der Waals surface area contributed by atoms with Crippen LogP contribution in [-0.2, 0) is 14.8 Å². The van der Waals surface area contributed by atoms with Crippen LogP contribution >= 0.6 is 0 Å². The minimum Gasteiger partial charge on any atom is -0.438 e. The van der Waals surface area contributed by atoms with Crippen LogP contribution in [0.2, 0.25) is 0 Å². The van der Waals surface area contributed by atoms with E-state index in [2.05, 4.69) is 15.5 Å². The van der Waals surface area contributed by atoms with Gasteiger partial charge in [0.05, 0.1) is 18.7 Å². The minimum atomic E-state index is -3.79. The average molecular weight is 376 g/mol. The summed E-state index contributed by atoms with van der Waals surface area (Å²) < 4.78 is 36.8. The van der Waals surface area contributed by atoms with Crippen molar-refractivity contribution in [2.24, 2.45) is 0 Å². The molecule has 10 heteroatoms. The SMILES string of the molecule is O=C(Nc1n[nH]c2ccccc12)c1ccc(S(=O)(=O)N2CCOCC2)o1. The Hall–Kier alpha value is -2.69. The fourth-order valence-electron chi connectivity index (χ4n) is 2.72. The molecular weight excluding hydrogens is 360 g/mol. The van der Waals surface area contributed by atoms with E-state index in [9.17, 15) is 13.2 Å². The number of fused-ring (bicyclic) bond motifs is 1. The van der Waals surface area contributed by atoms with Gasteiger partial charge in [-0.15, -0.1) is 0 Å². The highest BCUT2D eigenvalue weighted by Gasteiger charge is 2.30. The van der Waals surface area contributed by atoms with Gasteiger partial charge < -0.3 is 14.5 Å². The van der Waals surface area contributed by atoms with E-state index in [4.69, 9.17) is 9.15 Å². The molecular formula is C16H16N4O5S. The van der Waals surface area contributed by atoms with Gasteiger partial charge in [0, 0.05) is 18.5 Å². The number of rotatable bonds is 4. The van der Waals surface area contributed by atoms with Crippen LogP contribution in [0.1, 0.15) is 10.6 Å². The molecule has 3 aromatic rings. The zero-order chi connectivity index (χ0) is 18.1. The second kappa shape index (κ2) is 6.56. The van der Waals surface area contributed by atoms with Crippen molar-refractivity contribution in [3.8, 4) is 0 Å². The molecule has 0 spiro atoms. The van der Waals surface area contributed by atoms with Gasteiger partial charge in [-0.1, -0.05) is 12.1 Å². The van der Waals surface area contributed by atoms with Crippen LogP contribution in [0.4, 0.5) is 5.82 Å². The van der Waals surface area contributed by atoms with Gasteiger partial charge in [-0.3, -0.25) is 9.89 Å². The third-order valence-electron chi connectivity index (χ3n) is 4.07. The Morgan fingerprint density at radius 2 is 1.92 bits per heavy atom. The minimum absolute atomic E-state index is 0.107. The molecule has 0 saturated carbocycles. The maximum atomic E-state index is 12.5. The summed E-state index contributed by atoms with van der Waals surface area (Å²) in [5.74, 6) is -0.339. The Morgan fingerprint density at radius 1 is 1.15 bits per heavy atom. The maximum Gasteiger partial charge on any atom is 0.292 e. The molecule has 26 heavy (non-hydrogen) atoms. The molecule has 0 aliphatic carbocycles. The first-order valence-corrected chi connectivity index (χ1v) is 9.42. The molecule has 2 aromatic heterocycles. The van der Waals surface area contributed by atoms with Crippen molar-refractivity contribution in [3.05, 3.63) is 42.2 Å². The molecule has 1 aromatic carbocycles. The molecule has 1 fully saturated rings. The molecule has 3 heterocycles. The van der Waals surface area contributed by atoms with Crippen molar-refractivity contribution in [3.63, 3.8) is 0 Å². The second-order valence-corrected chi connectivity index (χ2v) is 7.58. The van der Waals surface area contributed by atoms with Crippen LogP contribution in [0.5, 0.6) is 0 Å². The van der Waals surface area contributed by atoms with Crippen molar-refractivity contribution in [1.82, 2.24) is 14.5 Å². The largest absolute Gasteiger partial charge is 0.438 e. The molecule has 9 nitrogen and oxygen atoms in total. The molecule has 0 radical (unpaired) electrons. The molecule has 1 amide bonds. The molecule has 4 rings (SSSR count). The van der Waals surface area contributed by atoms with Gasteiger partial charge in [0.15, 0.2) is 11.6 Å². The number of nitrogens with one attached hydrogen (secondary N) is 2. The van der Waals surface area contributed by atoms with Crippen molar-refractivity contribution in [2.75, 3.05) is 31.6 Å². The lowest BCUT2D eigenvalue weighted by atomic mass is 10.2. The number of benzene rings is 1. The number of hydrogen-bond donors (Lipinski definition) is 2. The number of ether oxygens (including phenoxy) is 1. The Kier molecular flexibility index (Phi) is 4.23. The monoisotopic (exact) mass is 376 g/mol.